The molecule has 0 spiro atoms. The minimum atomic E-state index is 0.0723. The van der Waals surface area contributed by atoms with Crippen LogP contribution in [-0.4, -0.2) is 33.3 Å². The van der Waals surface area contributed by atoms with E-state index in [9.17, 15) is 4.79 Å². The lowest BCUT2D eigenvalue weighted by Crippen LogP contribution is -2.41. The number of carbonyl (C=O) groups excluding carboxylic acids is 1. The van der Waals surface area contributed by atoms with Crippen molar-refractivity contribution in [2.24, 2.45) is 0 Å². The van der Waals surface area contributed by atoms with Crippen molar-refractivity contribution in [3.8, 4) is 5.75 Å². The Morgan fingerprint density at radius 2 is 2.30 bits per heavy atom. The average Bonchev–Trinajstić information content (AvgIpc) is 3.14. The predicted molar refractivity (Wildman–Crippen MR) is 84.4 cm³/mol. The predicted octanol–water partition coefficient (Wildman–Crippen LogP) is 1.20. The second kappa shape index (κ2) is 5.68. The van der Waals surface area contributed by atoms with Crippen LogP contribution >= 0.6 is 0 Å². The van der Waals surface area contributed by atoms with Crippen LogP contribution in [0.25, 0.3) is 0 Å². The lowest BCUT2D eigenvalue weighted by atomic mass is 10.0. The first-order valence-electron chi connectivity index (χ1n) is 8.11. The third kappa shape index (κ3) is 2.81. The van der Waals surface area contributed by atoms with Crippen LogP contribution in [0.4, 0.5) is 0 Å². The first-order chi connectivity index (χ1) is 11.2. The zero-order chi connectivity index (χ0) is 15.8. The molecule has 6 nitrogen and oxygen atoms in total. The van der Waals surface area contributed by atoms with Crippen molar-refractivity contribution in [2.45, 2.75) is 45.2 Å². The molecule has 2 aliphatic heterocycles. The van der Waals surface area contributed by atoms with Gasteiger partial charge in [0.25, 0.3) is 0 Å². The Labute approximate surface area is 134 Å². The largest absolute Gasteiger partial charge is 0.493 e. The zero-order valence-electron chi connectivity index (χ0n) is 13.2. The smallest absolute Gasteiger partial charge is 0.224 e. The summed E-state index contributed by atoms with van der Waals surface area (Å²) in [5, 5.41) is 11.4. The molecular weight excluding hydrogens is 292 g/mol. The van der Waals surface area contributed by atoms with Crippen LogP contribution in [0, 0.1) is 6.92 Å². The van der Waals surface area contributed by atoms with E-state index < -0.39 is 0 Å². The molecule has 6 heteroatoms. The number of hydrogen-bond acceptors (Lipinski definition) is 4. The molecule has 2 aliphatic rings. The Kier molecular flexibility index (Phi) is 3.52. The van der Waals surface area contributed by atoms with E-state index in [-0.39, 0.29) is 11.9 Å². The number of amides is 1. The number of benzene rings is 1. The summed E-state index contributed by atoms with van der Waals surface area (Å²) in [7, 11) is 0. The van der Waals surface area contributed by atoms with Gasteiger partial charge in [-0.3, -0.25) is 4.79 Å². The number of aryl methyl sites for hydroxylation is 2. The number of hydrogen-bond donors (Lipinski definition) is 1. The van der Waals surface area contributed by atoms with Gasteiger partial charge < -0.3 is 14.6 Å². The van der Waals surface area contributed by atoms with E-state index in [1.54, 1.807) is 0 Å². The quantitative estimate of drug-likeness (QED) is 0.924. The summed E-state index contributed by atoms with van der Waals surface area (Å²) in [5.41, 5.74) is 2.25. The van der Waals surface area contributed by atoms with Crippen molar-refractivity contribution in [3.05, 3.63) is 41.0 Å². The average molecular weight is 312 g/mol. The lowest BCUT2D eigenvalue weighted by molar-refractivity contribution is -0.121. The first-order valence-corrected chi connectivity index (χ1v) is 8.11. The third-order valence-corrected chi connectivity index (χ3v) is 4.62. The van der Waals surface area contributed by atoms with Crippen molar-refractivity contribution >= 4 is 5.91 Å². The van der Waals surface area contributed by atoms with Crippen molar-refractivity contribution in [1.82, 2.24) is 20.1 Å². The minimum absolute atomic E-state index is 0.0723. The Balaban J connectivity index is 1.38. The fraction of sp³-hybridized carbons (Fsp3) is 0.471. The maximum atomic E-state index is 12.3. The number of nitrogens with one attached hydrogen (secondary N) is 1. The van der Waals surface area contributed by atoms with Gasteiger partial charge in [-0.05, 0) is 30.5 Å². The Hall–Kier alpha value is -2.37. The number of aromatic nitrogens is 3. The highest BCUT2D eigenvalue weighted by atomic mass is 16.5. The molecule has 1 aromatic carbocycles. The van der Waals surface area contributed by atoms with Gasteiger partial charge in [-0.1, -0.05) is 12.1 Å². The molecule has 0 radical (unpaired) electrons. The molecule has 1 N–H and O–H groups in total. The number of nitrogens with zero attached hydrogens (tertiary/aromatic N) is 3. The molecule has 0 saturated carbocycles. The molecule has 3 heterocycles. The van der Waals surface area contributed by atoms with Crippen molar-refractivity contribution in [2.75, 3.05) is 6.61 Å². The van der Waals surface area contributed by atoms with Crippen LogP contribution in [0.5, 0.6) is 5.75 Å². The maximum absolute atomic E-state index is 12.3. The summed E-state index contributed by atoms with van der Waals surface area (Å²) in [6.07, 6.45) is 3.13. The number of fused-ring (bicyclic) bond motifs is 2. The molecule has 2 aromatic rings. The van der Waals surface area contributed by atoms with E-state index in [1.165, 1.54) is 5.56 Å². The maximum Gasteiger partial charge on any atom is 0.224 e. The normalized spacial score (nSPS) is 18.9. The monoisotopic (exact) mass is 312 g/mol. The Bertz CT molecular complexity index is 753. The second-order valence-corrected chi connectivity index (χ2v) is 6.29. The number of rotatable bonds is 3. The zero-order valence-corrected chi connectivity index (χ0v) is 13.2. The topological polar surface area (TPSA) is 69.0 Å². The number of ether oxygens (including phenoxy) is 1. The lowest BCUT2D eigenvalue weighted by Gasteiger charge is -2.25. The summed E-state index contributed by atoms with van der Waals surface area (Å²) < 4.78 is 7.60. The molecule has 0 aliphatic carbocycles. The molecular formula is C17H20N4O2. The molecule has 23 heavy (non-hydrogen) atoms. The summed E-state index contributed by atoms with van der Waals surface area (Å²) >= 11 is 0. The third-order valence-electron chi connectivity index (χ3n) is 4.62. The van der Waals surface area contributed by atoms with Gasteiger partial charge in [0.05, 0.1) is 13.0 Å². The molecule has 1 amide bonds. The highest BCUT2D eigenvalue weighted by Gasteiger charge is 2.23. The molecule has 0 fully saturated rings. The minimum Gasteiger partial charge on any atom is -0.493 e. The molecule has 0 bridgehead atoms. The van der Waals surface area contributed by atoms with E-state index >= 15 is 0 Å². The summed E-state index contributed by atoms with van der Waals surface area (Å²) in [4.78, 5) is 12.3. The van der Waals surface area contributed by atoms with Crippen molar-refractivity contribution in [3.63, 3.8) is 0 Å². The molecule has 1 atom stereocenters. The van der Waals surface area contributed by atoms with E-state index in [0.717, 1.165) is 55.4 Å². The van der Waals surface area contributed by atoms with Crippen LogP contribution in [0.1, 0.15) is 29.2 Å². The van der Waals surface area contributed by atoms with Gasteiger partial charge in [-0.2, -0.15) is 0 Å². The van der Waals surface area contributed by atoms with Gasteiger partial charge in [0.15, 0.2) is 0 Å². The van der Waals surface area contributed by atoms with Gasteiger partial charge in [0.1, 0.15) is 17.4 Å². The van der Waals surface area contributed by atoms with E-state index in [1.807, 2.05) is 19.1 Å². The van der Waals surface area contributed by atoms with Gasteiger partial charge in [0, 0.05) is 25.4 Å². The summed E-state index contributed by atoms with van der Waals surface area (Å²) in [6, 6.07) is 6.19. The SMILES string of the molecule is Cc1nnc2n1CC(NC(=O)Cc1ccc3c(c1)CCO3)CC2. The standard InChI is InChI=1S/C17H20N4O2/c1-11-19-20-16-5-3-14(10-21(11)16)18-17(22)9-12-2-4-15-13(8-12)6-7-23-15/h2,4,8,14H,3,5-7,9-10H2,1H3,(H,18,22). The Morgan fingerprint density at radius 3 is 3.22 bits per heavy atom. The van der Waals surface area contributed by atoms with Gasteiger partial charge >= 0.3 is 0 Å². The van der Waals surface area contributed by atoms with E-state index in [0.29, 0.717) is 6.42 Å². The molecule has 1 aromatic heterocycles. The Morgan fingerprint density at radius 1 is 1.39 bits per heavy atom. The molecule has 120 valence electrons. The summed E-state index contributed by atoms with van der Waals surface area (Å²) in [6.45, 7) is 3.46. The van der Waals surface area contributed by atoms with Gasteiger partial charge in [-0.25, -0.2) is 0 Å². The van der Waals surface area contributed by atoms with Gasteiger partial charge in [0.2, 0.25) is 5.91 Å². The van der Waals surface area contributed by atoms with Crippen LogP contribution in [0.2, 0.25) is 0 Å². The van der Waals surface area contributed by atoms with Crippen LogP contribution in [0.3, 0.4) is 0 Å². The highest BCUT2D eigenvalue weighted by molar-refractivity contribution is 5.79. The van der Waals surface area contributed by atoms with Crippen LogP contribution in [0.15, 0.2) is 18.2 Å². The molecule has 0 saturated heterocycles. The van der Waals surface area contributed by atoms with E-state index in [2.05, 4.69) is 26.1 Å². The fourth-order valence-corrected chi connectivity index (χ4v) is 3.39. The number of carbonyl (C=O) groups is 1. The van der Waals surface area contributed by atoms with E-state index in [4.69, 9.17) is 4.74 Å². The van der Waals surface area contributed by atoms with Crippen LogP contribution in [-0.2, 0) is 30.6 Å². The first kappa shape index (κ1) is 14.2. The molecule has 4 rings (SSSR count). The van der Waals surface area contributed by atoms with Crippen LogP contribution < -0.4 is 10.1 Å². The highest BCUT2D eigenvalue weighted by Crippen LogP contribution is 2.26. The molecule has 1 unspecified atom stereocenters. The van der Waals surface area contributed by atoms with Crippen molar-refractivity contribution in [1.29, 1.82) is 0 Å². The van der Waals surface area contributed by atoms with Gasteiger partial charge in [-0.15, -0.1) is 10.2 Å². The second-order valence-electron chi connectivity index (χ2n) is 6.29. The van der Waals surface area contributed by atoms with Crippen molar-refractivity contribution < 1.29 is 9.53 Å². The summed E-state index contributed by atoms with van der Waals surface area (Å²) in [5.74, 6) is 2.96. The fourth-order valence-electron chi connectivity index (χ4n) is 3.39.